The van der Waals surface area contributed by atoms with Crippen molar-refractivity contribution in [2.45, 2.75) is 13.3 Å². The number of nitrogens with zero attached hydrogens (tertiary/aromatic N) is 3. The predicted molar refractivity (Wildman–Crippen MR) is 115 cm³/mol. The molecule has 146 valence electrons. The van der Waals surface area contributed by atoms with Gasteiger partial charge in [-0.25, -0.2) is 9.78 Å². The molecule has 0 unspecified atom stereocenters. The van der Waals surface area contributed by atoms with Crippen molar-refractivity contribution in [3.63, 3.8) is 0 Å². The van der Waals surface area contributed by atoms with Crippen LogP contribution in [-0.4, -0.2) is 43.2 Å². The van der Waals surface area contributed by atoms with E-state index in [9.17, 15) is 4.79 Å². The third-order valence-corrected chi connectivity index (χ3v) is 4.38. The highest BCUT2D eigenvalue weighted by atomic mass is 16.2. The molecule has 0 atom stereocenters. The number of aromatic nitrogens is 2. The maximum atomic E-state index is 12.4. The van der Waals surface area contributed by atoms with Gasteiger partial charge in [-0.05, 0) is 49.8 Å². The molecule has 1 aromatic heterocycles. The van der Waals surface area contributed by atoms with E-state index in [0.29, 0.717) is 5.69 Å². The molecule has 7 heteroatoms. The Bertz CT molecular complexity index is 959. The molecule has 7 nitrogen and oxygen atoms in total. The molecule has 0 aliphatic carbocycles. The molecule has 0 fully saturated rings. The van der Waals surface area contributed by atoms with E-state index in [1.54, 1.807) is 0 Å². The summed E-state index contributed by atoms with van der Waals surface area (Å²) < 4.78 is 0. The van der Waals surface area contributed by atoms with Crippen LogP contribution in [0, 0.1) is 6.92 Å². The fourth-order valence-corrected chi connectivity index (χ4v) is 2.94. The number of nitrogens with one attached hydrogen (secondary N) is 3. The van der Waals surface area contributed by atoms with Crippen LogP contribution < -0.4 is 20.9 Å². The molecule has 0 radical (unpaired) electrons. The van der Waals surface area contributed by atoms with E-state index in [1.807, 2.05) is 69.6 Å². The molecule has 3 aromatic rings. The second-order valence-corrected chi connectivity index (χ2v) is 6.71. The monoisotopic (exact) mass is 378 g/mol. The first kappa shape index (κ1) is 19.6. The molecular weight excluding hydrogens is 352 g/mol. The third-order valence-electron chi connectivity index (χ3n) is 4.38. The summed E-state index contributed by atoms with van der Waals surface area (Å²) in [5, 5.41) is 10.9. The number of hydrogen-bond donors (Lipinski definition) is 3. The molecule has 2 amide bonds. The largest absolute Gasteiger partial charge is 0.359 e. The van der Waals surface area contributed by atoms with Crippen LogP contribution in [0.25, 0.3) is 10.8 Å². The van der Waals surface area contributed by atoms with Crippen molar-refractivity contribution in [3.8, 4) is 0 Å². The van der Waals surface area contributed by atoms with Gasteiger partial charge in [-0.2, -0.15) is 4.98 Å². The first-order valence-corrected chi connectivity index (χ1v) is 9.33. The summed E-state index contributed by atoms with van der Waals surface area (Å²) in [4.78, 5) is 23.2. The van der Waals surface area contributed by atoms with E-state index in [-0.39, 0.29) is 12.0 Å². The molecule has 0 aliphatic rings. The average Bonchev–Trinajstić information content (AvgIpc) is 2.67. The summed E-state index contributed by atoms with van der Waals surface area (Å²) in [6, 6.07) is 15.3. The molecule has 28 heavy (non-hydrogen) atoms. The van der Waals surface area contributed by atoms with Gasteiger partial charge in [-0.1, -0.05) is 30.3 Å². The summed E-state index contributed by atoms with van der Waals surface area (Å²) in [5.41, 5.74) is 1.51. The Hall–Kier alpha value is -3.19. The van der Waals surface area contributed by atoms with Crippen molar-refractivity contribution in [1.29, 1.82) is 0 Å². The first-order chi connectivity index (χ1) is 13.5. The molecule has 1 heterocycles. The van der Waals surface area contributed by atoms with Crippen molar-refractivity contribution in [3.05, 3.63) is 54.2 Å². The van der Waals surface area contributed by atoms with E-state index in [1.165, 1.54) is 0 Å². The fraction of sp³-hybridized carbons (Fsp3) is 0.286. The minimum atomic E-state index is -0.371. The summed E-state index contributed by atoms with van der Waals surface area (Å²) >= 11 is 0. The van der Waals surface area contributed by atoms with Crippen LogP contribution in [0.4, 0.5) is 22.2 Å². The number of carbonyl (C=O) groups excluding carboxylic acids is 1. The van der Waals surface area contributed by atoms with Crippen molar-refractivity contribution in [2.75, 3.05) is 42.7 Å². The van der Waals surface area contributed by atoms with Crippen molar-refractivity contribution in [2.24, 2.45) is 0 Å². The van der Waals surface area contributed by atoms with Gasteiger partial charge in [0.1, 0.15) is 5.82 Å². The van der Waals surface area contributed by atoms with Gasteiger partial charge in [0.25, 0.3) is 0 Å². The smallest absolute Gasteiger partial charge is 0.326 e. The van der Waals surface area contributed by atoms with Crippen molar-refractivity contribution >= 4 is 34.3 Å². The highest BCUT2D eigenvalue weighted by Gasteiger charge is 2.10. The Morgan fingerprint density at radius 3 is 2.61 bits per heavy atom. The second-order valence-electron chi connectivity index (χ2n) is 6.71. The molecule has 3 rings (SSSR count). The van der Waals surface area contributed by atoms with Crippen LogP contribution in [-0.2, 0) is 0 Å². The quantitative estimate of drug-likeness (QED) is 0.547. The number of benzene rings is 2. The lowest BCUT2D eigenvalue weighted by Gasteiger charge is -2.19. The van der Waals surface area contributed by atoms with E-state index >= 15 is 0 Å². The SMILES string of the molecule is CNCCCN(C)c1cc(C)nc(NC(=O)Nc2ccc3ccccc3c2)n1. The lowest BCUT2D eigenvalue weighted by Crippen LogP contribution is -2.25. The van der Waals surface area contributed by atoms with Gasteiger partial charge in [-0.3, -0.25) is 5.32 Å². The Morgan fingerprint density at radius 1 is 1.04 bits per heavy atom. The topological polar surface area (TPSA) is 82.2 Å². The minimum Gasteiger partial charge on any atom is -0.359 e. The zero-order chi connectivity index (χ0) is 19.9. The van der Waals surface area contributed by atoms with Gasteiger partial charge < -0.3 is 15.5 Å². The van der Waals surface area contributed by atoms with Crippen molar-refractivity contribution in [1.82, 2.24) is 15.3 Å². The number of carbonyl (C=O) groups is 1. The maximum Gasteiger partial charge on any atom is 0.326 e. The van der Waals surface area contributed by atoms with Gasteiger partial charge in [0.15, 0.2) is 0 Å². The normalized spacial score (nSPS) is 10.7. The first-order valence-electron chi connectivity index (χ1n) is 9.33. The van der Waals surface area contributed by atoms with Crippen molar-refractivity contribution < 1.29 is 4.79 Å². The molecule has 0 spiro atoms. The van der Waals surface area contributed by atoms with Crippen LogP contribution in [0.3, 0.4) is 0 Å². The van der Waals surface area contributed by atoms with Gasteiger partial charge in [0.2, 0.25) is 5.95 Å². The number of rotatable bonds is 7. The molecule has 3 N–H and O–H groups in total. The molecule has 0 aliphatic heterocycles. The highest BCUT2D eigenvalue weighted by Crippen LogP contribution is 2.19. The Kier molecular flexibility index (Phi) is 6.39. The lowest BCUT2D eigenvalue weighted by molar-refractivity contribution is 0.262. The highest BCUT2D eigenvalue weighted by molar-refractivity contribution is 6.00. The standard InChI is InChI=1S/C21H26N6O/c1-15-13-19(27(3)12-6-11-22-2)25-20(23-15)26-21(28)24-18-10-9-16-7-4-5-8-17(16)14-18/h4-5,7-10,13-14,22H,6,11-12H2,1-3H3,(H2,23,24,25,26,28). The number of anilines is 3. The van der Waals surface area contributed by atoms with Gasteiger partial charge in [-0.15, -0.1) is 0 Å². The second kappa shape index (κ2) is 9.14. The van der Waals surface area contributed by atoms with Crippen LogP contribution in [0.15, 0.2) is 48.5 Å². The van der Waals surface area contributed by atoms with Gasteiger partial charge in [0.05, 0.1) is 0 Å². The van der Waals surface area contributed by atoms with E-state index in [4.69, 9.17) is 0 Å². The van der Waals surface area contributed by atoms with Crippen LogP contribution >= 0.6 is 0 Å². The lowest BCUT2D eigenvalue weighted by atomic mass is 10.1. The average molecular weight is 378 g/mol. The fourth-order valence-electron chi connectivity index (χ4n) is 2.94. The van der Waals surface area contributed by atoms with Gasteiger partial charge >= 0.3 is 6.03 Å². The number of hydrogen-bond acceptors (Lipinski definition) is 5. The van der Waals surface area contributed by atoms with E-state index in [0.717, 1.165) is 41.8 Å². The Labute approximate surface area is 165 Å². The number of fused-ring (bicyclic) bond motifs is 1. The predicted octanol–water partition coefficient (Wildman–Crippen LogP) is 3.63. The molecule has 0 saturated heterocycles. The number of amides is 2. The molecular formula is C21H26N6O. The van der Waals surface area contributed by atoms with Gasteiger partial charge in [0, 0.05) is 31.0 Å². The van der Waals surface area contributed by atoms with E-state index in [2.05, 4.69) is 30.8 Å². The summed E-state index contributed by atoms with van der Waals surface area (Å²) in [7, 11) is 3.92. The van der Waals surface area contributed by atoms with Crippen LogP contribution in [0.2, 0.25) is 0 Å². The van der Waals surface area contributed by atoms with E-state index < -0.39 is 0 Å². The minimum absolute atomic E-state index is 0.286. The summed E-state index contributed by atoms with van der Waals surface area (Å²) in [6.45, 7) is 3.69. The molecule has 0 bridgehead atoms. The summed E-state index contributed by atoms with van der Waals surface area (Å²) in [6.07, 6.45) is 1.00. The molecule has 2 aromatic carbocycles. The Morgan fingerprint density at radius 2 is 1.82 bits per heavy atom. The zero-order valence-electron chi connectivity index (χ0n) is 16.5. The number of aryl methyl sites for hydroxylation is 1. The van der Waals surface area contributed by atoms with Crippen LogP contribution in [0.5, 0.6) is 0 Å². The Balaban J connectivity index is 1.67. The zero-order valence-corrected chi connectivity index (χ0v) is 16.5. The summed E-state index contributed by atoms with van der Waals surface area (Å²) in [5.74, 6) is 1.07. The molecule has 0 saturated carbocycles. The maximum absolute atomic E-state index is 12.4. The van der Waals surface area contributed by atoms with Crippen LogP contribution in [0.1, 0.15) is 12.1 Å². The number of urea groups is 1. The third kappa shape index (κ3) is 5.17.